The molecule has 1 aromatic carbocycles. The second kappa shape index (κ2) is 4.89. The van der Waals surface area contributed by atoms with Crippen LogP contribution in [0.1, 0.15) is 31.7 Å². The van der Waals surface area contributed by atoms with Crippen molar-refractivity contribution in [2.45, 2.75) is 43.6 Å². The molecule has 7 heteroatoms. The Morgan fingerprint density at radius 1 is 1.28 bits per heavy atom. The summed E-state index contributed by atoms with van der Waals surface area (Å²) in [4.78, 5) is 15.0. The van der Waals surface area contributed by atoms with E-state index in [4.69, 9.17) is 37.9 Å². The predicted molar refractivity (Wildman–Crippen MR) is 91.5 cm³/mol. The fourth-order valence-electron chi connectivity index (χ4n) is 5.39. The van der Waals surface area contributed by atoms with Gasteiger partial charge in [-0.25, -0.2) is 0 Å². The summed E-state index contributed by atoms with van der Waals surface area (Å²) in [5.74, 6) is -0.182. The van der Waals surface area contributed by atoms with E-state index >= 15 is 0 Å². The molecule has 5 atom stereocenters. The van der Waals surface area contributed by atoms with Crippen molar-refractivity contribution in [1.82, 2.24) is 0 Å². The Bertz CT molecular complexity index is 826. The molecule has 4 aliphatic rings. The first-order valence-corrected chi connectivity index (χ1v) is 9.20. The lowest BCUT2D eigenvalue weighted by Gasteiger charge is -2.41. The van der Waals surface area contributed by atoms with Crippen LogP contribution in [0.4, 0.5) is 5.69 Å². The highest BCUT2D eigenvalue weighted by molar-refractivity contribution is 6.37. The van der Waals surface area contributed by atoms with Gasteiger partial charge >= 0.3 is 0 Å². The molecule has 0 N–H and O–H groups in total. The molecule has 4 heterocycles. The standard InChI is InChI=1S/C18H16Cl2N2O3/c1-17-2-3-18(25-17)4-5-24-16-14(18)13(17)15(23)22(16)9-6-11(19)10(8-21)12(20)7-9/h6-7,13-14,16H,2-5H2,1H3/t13-,14+,16+,17-,18-/m1/s1. The number of anilines is 1. The van der Waals surface area contributed by atoms with Crippen molar-refractivity contribution in [2.75, 3.05) is 11.5 Å². The average molecular weight is 379 g/mol. The first-order chi connectivity index (χ1) is 11.9. The quantitative estimate of drug-likeness (QED) is 0.749. The number of rotatable bonds is 1. The van der Waals surface area contributed by atoms with Crippen LogP contribution < -0.4 is 4.90 Å². The number of carbonyl (C=O) groups excluding carboxylic acids is 1. The van der Waals surface area contributed by atoms with Gasteiger partial charge in [-0.15, -0.1) is 0 Å². The lowest BCUT2D eigenvalue weighted by Crippen LogP contribution is -2.51. The monoisotopic (exact) mass is 378 g/mol. The van der Waals surface area contributed by atoms with Crippen LogP contribution in [0.2, 0.25) is 10.0 Å². The van der Waals surface area contributed by atoms with Crippen LogP contribution in [0.25, 0.3) is 0 Å². The third kappa shape index (κ3) is 1.84. The highest BCUT2D eigenvalue weighted by Gasteiger charge is 2.75. The molecule has 0 aliphatic carbocycles. The van der Waals surface area contributed by atoms with Crippen molar-refractivity contribution in [2.24, 2.45) is 11.8 Å². The minimum absolute atomic E-state index is 0.00202. The SMILES string of the molecule is C[C@@]12CC[C@]3(CCO[C@H]4[C@@H]3[C@@H]1C(=O)N4c1cc(Cl)c(C#N)c(Cl)c1)O2. The van der Waals surface area contributed by atoms with Gasteiger partial charge in [0.05, 0.1) is 39.3 Å². The van der Waals surface area contributed by atoms with E-state index in [9.17, 15) is 4.79 Å². The fraction of sp³-hybridized carbons (Fsp3) is 0.556. The van der Waals surface area contributed by atoms with Crippen molar-refractivity contribution >= 4 is 34.8 Å². The summed E-state index contributed by atoms with van der Waals surface area (Å²) in [5.41, 5.74) is 0.115. The van der Waals surface area contributed by atoms with E-state index in [0.29, 0.717) is 12.3 Å². The number of nitrogens with zero attached hydrogens (tertiary/aromatic N) is 2. The molecule has 0 saturated carbocycles. The molecule has 1 amide bonds. The Morgan fingerprint density at radius 2 is 2.00 bits per heavy atom. The number of nitriles is 1. The topological polar surface area (TPSA) is 62.6 Å². The summed E-state index contributed by atoms with van der Waals surface area (Å²) in [7, 11) is 0. The molecule has 1 spiro atoms. The summed E-state index contributed by atoms with van der Waals surface area (Å²) in [6.07, 6.45) is 2.33. The second-order valence-electron chi connectivity index (χ2n) is 7.60. The highest BCUT2D eigenvalue weighted by atomic mass is 35.5. The average Bonchev–Trinajstić information content (AvgIpc) is 3.14. The number of benzene rings is 1. The number of amides is 1. The maximum Gasteiger partial charge on any atom is 0.235 e. The summed E-state index contributed by atoms with van der Waals surface area (Å²) in [6.45, 7) is 2.60. The Kier molecular flexibility index (Phi) is 3.11. The van der Waals surface area contributed by atoms with Gasteiger partial charge in [0.2, 0.25) is 5.91 Å². The van der Waals surface area contributed by atoms with Crippen molar-refractivity contribution in [3.8, 4) is 6.07 Å². The zero-order chi connectivity index (χ0) is 17.6. The van der Waals surface area contributed by atoms with Gasteiger partial charge < -0.3 is 9.47 Å². The largest absolute Gasteiger partial charge is 0.367 e. The van der Waals surface area contributed by atoms with E-state index in [1.165, 1.54) is 0 Å². The summed E-state index contributed by atoms with van der Waals surface area (Å²) < 4.78 is 12.4. The molecule has 4 fully saturated rings. The first kappa shape index (κ1) is 15.9. The molecule has 5 rings (SSSR count). The third-order valence-corrected chi connectivity index (χ3v) is 7.00. The molecule has 1 aromatic rings. The van der Waals surface area contributed by atoms with Crippen molar-refractivity contribution in [3.63, 3.8) is 0 Å². The van der Waals surface area contributed by atoms with Crippen LogP contribution in [0, 0.1) is 23.2 Å². The zero-order valence-corrected chi connectivity index (χ0v) is 15.1. The van der Waals surface area contributed by atoms with E-state index < -0.39 is 5.60 Å². The zero-order valence-electron chi connectivity index (χ0n) is 13.6. The number of fused-ring (bicyclic) bond motifs is 2. The van der Waals surface area contributed by atoms with E-state index in [2.05, 4.69) is 0 Å². The van der Waals surface area contributed by atoms with Crippen LogP contribution in [0.5, 0.6) is 0 Å². The molecule has 130 valence electrons. The number of halogens is 2. The number of ether oxygens (including phenoxy) is 2. The predicted octanol–water partition coefficient (Wildman–Crippen LogP) is 3.51. The molecule has 25 heavy (non-hydrogen) atoms. The van der Waals surface area contributed by atoms with Crippen LogP contribution in [0.3, 0.4) is 0 Å². The normalized spacial score (nSPS) is 41.1. The minimum atomic E-state index is -0.428. The van der Waals surface area contributed by atoms with Gasteiger partial charge in [0.25, 0.3) is 0 Å². The number of hydrogen-bond acceptors (Lipinski definition) is 4. The van der Waals surface area contributed by atoms with Gasteiger partial charge in [-0.3, -0.25) is 9.69 Å². The Morgan fingerprint density at radius 3 is 2.68 bits per heavy atom. The van der Waals surface area contributed by atoms with Crippen LogP contribution in [0.15, 0.2) is 12.1 Å². The Labute approximate surface area is 155 Å². The summed E-state index contributed by atoms with van der Waals surface area (Å²) >= 11 is 12.4. The van der Waals surface area contributed by atoms with Crippen molar-refractivity contribution in [3.05, 3.63) is 27.7 Å². The highest BCUT2D eigenvalue weighted by Crippen LogP contribution is 2.65. The van der Waals surface area contributed by atoms with E-state index in [-0.39, 0.29) is 45.2 Å². The molecule has 0 unspecified atom stereocenters. The van der Waals surface area contributed by atoms with Crippen LogP contribution >= 0.6 is 23.2 Å². The van der Waals surface area contributed by atoms with Gasteiger partial charge in [0, 0.05) is 18.0 Å². The van der Waals surface area contributed by atoms with Crippen molar-refractivity contribution < 1.29 is 14.3 Å². The fourth-order valence-corrected chi connectivity index (χ4v) is 5.95. The van der Waals surface area contributed by atoms with Gasteiger partial charge in [-0.2, -0.15) is 5.26 Å². The first-order valence-electron chi connectivity index (χ1n) is 8.44. The molecule has 2 bridgehead atoms. The smallest absolute Gasteiger partial charge is 0.235 e. The van der Waals surface area contributed by atoms with Crippen LogP contribution in [-0.4, -0.2) is 29.9 Å². The third-order valence-electron chi connectivity index (χ3n) is 6.40. The van der Waals surface area contributed by atoms with Gasteiger partial charge in [0.15, 0.2) is 0 Å². The minimum Gasteiger partial charge on any atom is -0.367 e. The molecule has 4 aliphatic heterocycles. The van der Waals surface area contributed by atoms with Gasteiger partial charge in [-0.1, -0.05) is 23.2 Å². The lowest BCUT2D eigenvalue weighted by molar-refractivity contribution is -0.139. The van der Waals surface area contributed by atoms with E-state index in [1.807, 2.05) is 13.0 Å². The second-order valence-corrected chi connectivity index (χ2v) is 8.41. The van der Waals surface area contributed by atoms with E-state index in [0.717, 1.165) is 19.3 Å². The van der Waals surface area contributed by atoms with Gasteiger partial charge in [-0.05, 0) is 31.9 Å². The van der Waals surface area contributed by atoms with E-state index in [1.54, 1.807) is 17.0 Å². The van der Waals surface area contributed by atoms with Crippen LogP contribution in [-0.2, 0) is 14.3 Å². The number of hydrogen-bond donors (Lipinski definition) is 0. The van der Waals surface area contributed by atoms with Gasteiger partial charge in [0.1, 0.15) is 12.3 Å². The maximum absolute atomic E-state index is 13.3. The Balaban J connectivity index is 1.63. The molecular formula is C18H16Cl2N2O3. The molecule has 4 saturated heterocycles. The number of carbonyl (C=O) groups is 1. The lowest BCUT2D eigenvalue weighted by atomic mass is 9.66. The summed E-state index contributed by atoms with van der Waals surface area (Å²) in [6, 6.07) is 5.24. The summed E-state index contributed by atoms with van der Waals surface area (Å²) in [5, 5.41) is 9.63. The molecule has 0 aromatic heterocycles. The molecule has 5 nitrogen and oxygen atoms in total. The van der Waals surface area contributed by atoms with Crippen molar-refractivity contribution in [1.29, 1.82) is 5.26 Å². The molecule has 0 radical (unpaired) electrons. The Hall–Kier alpha value is -1.32. The molecular weight excluding hydrogens is 363 g/mol. The maximum atomic E-state index is 13.3.